The Hall–Kier alpha value is -1.03. The minimum absolute atomic E-state index is 0.264. The van der Waals surface area contributed by atoms with Gasteiger partial charge in [-0.15, -0.1) is 11.3 Å². The lowest BCUT2D eigenvalue weighted by atomic mass is 10.2. The summed E-state index contributed by atoms with van der Waals surface area (Å²) in [7, 11) is 0. The molecule has 1 heterocycles. The summed E-state index contributed by atoms with van der Waals surface area (Å²) in [6.45, 7) is 2.17. The normalized spacial score (nSPS) is 12.6. The number of anilines is 1. The minimum atomic E-state index is 0.264. The smallest absolute Gasteiger partial charge is 0.0578 e. The molecule has 1 N–H and O–H groups in total. The third-order valence-electron chi connectivity index (χ3n) is 3.17. The van der Waals surface area contributed by atoms with Crippen molar-refractivity contribution in [2.24, 2.45) is 0 Å². The fourth-order valence-electron chi connectivity index (χ4n) is 2.12. The first kappa shape index (κ1) is 13.9. The first-order valence-electron chi connectivity index (χ1n) is 6.33. The van der Waals surface area contributed by atoms with Crippen LogP contribution in [0, 0.1) is 0 Å². The van der Waals surface area contributed by atoms with Gasteiger partial charge >= 0.3 is 0 Å². The van der Waals surface area contributed by atoms with E-state index in [0.29, 0.717) is 0 Å². The monoisotopic (exact) mass is 365 g/mol. The molecule has 3 aromatic rings. The molecule has 0 saturated carbocycles. The van der Waals surface area contributed by atoms with Gasteiger partial charge < -0.3 is 5.32 Å². The zero-order chi connectivity index (χ0) is 14.1. The molecule has 102 valence electrons. The van der Waals surface area contributed by atoms with Crippen LogP contribution in [0.2, 0.25) is 5.02 Å². The second kappa shape index (κ2) is 5.76. The predicted molar refractivity (Wildman–Crippen MR) is 93.0 cm³/mol. The van der Waals surface area contributed by atoms with Gasteiger partial charge in [-0.3, -0.25) is 0 Å². The minimum Gasteiger partial charge on any atom is -0.378 e. The van der Waals surface area contributed by atoms with Crippen molar-refractivity contribution in [3.63, 3.8) is 0 Å². The quantitative estimate of drug-likeness (QED) is 0.558. The highest BCUT2D eigenvalue weighted by Gasteiger charge is 2.10. The predicted octanol–water partition coefficient (Wildman–Crippen LogP) is 6.49. The molecule has 0 radical (unpaired) electrons. The lowest BCUT2D eigenvalue weighted by Gasteiger charge is -2.14. The average Bonchev–Trinajstić information content (AvgIpc) is 2.87. The van der Waals surface area contributed by atoms with E-state index in [1.54, 1.807) is 0 Å². The maximum absolute atomic E-state index is 6.02. The molecule has 0 amide bonds. The van der Waals surface area contributed by atoms with E-state index < -0.39 is 0 Å². The van der Waals surface area contributed by atoms with Crippen molar-refractivity contribution in [2.45, 2.75) is 13.0 Å². The number of halogens is 2. The number of rotatable bonds is 3. The Morgan fingerprint density at radius 2 is 1.95 bits per heavy atom. The van der Waals surface area contributed by atoms with Crippen LogP contribution < -0.4 is 5.32 Å². The first-order chi connectivity index (χ1) is 9.63. The van der Waals surface area contributed by atoms with Crippen molar-refractivity contribution in [1.82, 2.24) is 0 Å². The van der Waals surface area contributed by atoms with Crippen LogP contribution in [0.5, 0.6) is 0 Å². The van der Waals surface area contributed by atoms with Crippen molar-refractivity contribution >= 4 is 54.6 Å². The highest BCUT2D eigenvalue weighted by Crippen LogP contribution is 2.32. The van der Waals surface area contributed by atoms with Crippen LogP contribution in [-0.4, -0.2) is 0 Å². The number of fused-ring (bicyclic) bond motifs is 1. The second-order valence-electron chi connectivity index (χ2n) is 4.68. The highest BCUT2D eigenvalue weighted by molar-refractivity contribution is 9.10. The molecule has 1 unspecified atom stereocenters. The topological polar surface area (TPSA) is 12.0 Å². The summed E-state index contributed by atoms with van der Waals surface area (Å²) in [4.78, 5) is 1.33. The fourth-order valence-corrected chi connectivity index (χ4v) is 3.69. The maximum atomic E-state index is 6.02. The summed E-state index contributed by atoms with van der Waals surface area (Å²) in [5.41, 5.74) is 1.06. The molecule has 1 nitrogen and oxygen atoms in total. The molecule has 0 bridgehead atoms. The van der Waals surface area contributed by atoms with E-state index in [1.165, 1.54) is 15.0 Å². The standard InChI is InChI=1S/C16H13BrClNS/c1-10(19-12-6-7-14(18)13(17)9-12)16-8-11-4-2-3-5-15(11)20-16/h2-10,19H,1H3. The van der Waals surface area contributed by atoms with Crippen LogP contribution in [0.15, 0.2) is 53.0 Å². The number of hydrogen-bond acceptors (Lipinski definition) is 2. The van der Waals surface area contributed by atoms with Crippen LogP contribution >= 0.6 is 38.9 Å². The van der Waals surface area contributed by atoms with E-state index in [0.717, 1.165) is 15.2 Å². The summed E-state index contributed by atoms with van der Waals surface area (Å²) in [5, 5.41) is 5.54. The molecule has 1 aromatic heterocycles. The molecule has 20 heavy (non-hydrogen) atoms. The van der Waals surface area contributed by atoms with Crippen molar-refractivity contribution in [3.8, 4) is 0 Å². The molecule has 0 aliphatic heterocycles. The van der Waals surface area contributed by atoms with Crippen LogP contribution in [-0.2, 0) is 0 Å². The van der Waals surface area contributed by atoms with Gasteiger partial charge in [-0.25, -0.2) is 0 Å². The largest absolute Gasteiger partial charge is 0.378 e. The van der Waals surface area contributed by atoms with E-state index in [9.17, 15) is 0 Å². The summed E-state index contributed by atoms with van der Waals surface area (Å²) in [6, 6.07) is 16.9. The maximum Gasteiger partial charge on any atom is 0.0578 e. The molecule has 2 aromatic carbocycles. The molecule has 3 rings (SSSR count). The summed E-state index contributed by atoms with van der Waals surface area (Å²) >= 11 is 11.3. The Morgan fingerprint density at radius 1 is 1.15 bits per heavy atom. The van der Waals surface area contributed by atoms with Gasteiger partial charge in [0.25, 0.3) is 0 Å². The molecule has 0 spiro atoms. The summed E-state index contributed by atoms with van der Waals surface area (Å²) in [6.07, 6.45) is 0. The van der Waals surface area contributed by atoms with Gasteiger partial charge in [0.1, 0.15) is 0 Å². The molecule has 0 fully saturated rings. The number of hydrogen-bond donors (Lipinski definition) is 1. The molecule has 4 heteroatoms. The lowest BCUT2D eigenvalue weighted by molar-refractivity contribution is 0.909. The van der Waals surface area contributed by atoms with Crippen LogP contribution in [0.4, 0.5) is 5.69 Å². The van der Waals surface area contributed by atoms with Gasteiger partial charge in [-0.1, -0.05) is 29.8 Å². The van der Waals surface area contributed by atoms with E-state index in [1.807, 2.05) is 29.5 Å². The molecular formula is C16H13BrClNS. The van der Waals surface area contributed by atoms with Gasteiger partial charge in [-0.05, 0) is 58.6 Å². The van der Waals surface area contributed by atoms with Crippen LogP contribution in [0.3, 0.4) is 0 Å². The Morgan fingerprint density at radius 3 is 2.70 bits per heavy atom. The van der Waals surface area contributed by atoms with Crippen molar-refractivity contribution < 1.29 is 0 Å². The Labute approximate surface area is 135 Å². The number of benzene rings is 2. The van der Waals surface area contributed by atoms with Crippen molar-refractivity contribution in [3.05, 3.63) is 62.9 Å². The van der Waals surface area contributed by atoms with Crippen molar-refractivity contribution in [2.75, 3.05) is 5.32 Å². The van der Waals surface area contributed by atoms with E-state index in [2.05, 4.69) is 58.5 Å². The van der Waals surface area contributed by atoms with Gasteiger partial charge in [0.05, 0.1) is 11.1 Å². The molecule has 0 saturated heterocycles. The Kier molecular flexibility index (Phi) is 4.01. The second-order valence-corrected chi connectivity index (χ2v) is 7.06. The third-order valence-corrected chi connectivity index (χ3v) is 5.69. The fraction of sp³-hybridized carbons (Fsp3) is 0.125. The third kappa shape index (κ3) is 2.85. The highest BCUT2D eigenvalue weighted by atomic mass is 79.9. The lowest BCUT2D eigenvalue weighted by Crippen LogP contribution is -2.04. The number of thiophene rings is 1. The van der Waals surface area contributed by atoms with Crippen molar-refractivity contribution in [1.29, 1.82) is 0 Å². The van der Waals surface area contributed by atoms with E-state index in [4.69, 9.17) is 11.6 Å². The number of nitrogens with one attached hydrogen (secondary N) is 1. The SMILES string of the molecule is CC(Nc1ccc(Cl)c(Br)c1)c1cc2ccccc2s1. The summed E-state index contributed by atoms with van der Waals surface area (Å²) < 4.78 is 2.24. The van der Waals surface area contributed by atoms with E-state index in [-0.39, 0.29) is 6.04 Å². The Balaban J connectivity index is 1.84. The van der Waals surface area contributed by atoms with Crippen LogP contribution in [0.25, 0.3) is 10.1 Å². The molecule has 0 aliphatic carbocycles. The molecule has 0 aliphatic rings. The van der Waals surface area contributed by atoms with Gasteiger partial charge in [-0.2, -0.15) is 0 Å². The van der Waals surface area contributed by atoms with Gasteiger partial charge in [0.15, 0.2) is 0 Å². The molecule has 1 atom stereocenters. The zero-order valence-corrected chi connectivity index (χ0v) is 14.0. The van der Waals surface area contributed by atoms with E-state index >= 15 is 0 Å². The molecular weight excluding hydrogens is 354 g/mol. The van der Waals surface area contributed by atoms with Gasteiger partial charge in [0, 0.05) is 19.7 Å². The zero-order valence-electron chi connectivity index (χ0n) is 10.9. The summed E-state index contributed by atoms with van der Waals surface area (Å²) in [5.74, 6) is 0. The Bertz CT molecular complexity index is 720. The average molecular weight is 367 g/mol. The first-order valence-corrected chi connectivity index (χ1v) is 8.32. The van der Waals surface area contributed by atoms with Gasteiger partial charge in [0.2, 0.25) is 0 Å². The van der Waals surface area contributed by atoms with Crippen LogP contribution in [0.1, 0.15) is 17.8 Å².